The Morgan fingerprint density at radius 1 is 1.44 bits per heavy atom. The molecule has 0 aliphatic carbocycles. The molecular weight excluding hydrogens is 228 g/mol. The largest absolute Gasteiger partial charge is 0.454 e. The zero-order chi connectivity index (χ0) is 11.7. The number of anilines is 1. The predicted octanol–water partition coefficient (Wildman–Crippen LogP) is 1.14. The van der Waals surface area contributed by atoms with Gasteiger partial charge in [-0.25, -0.2) is 0 Å². The summed E-state index contributed by atoms with van der Waals surface area (Å²) < 4.78 is 14.4. The fourth-order valence-corrected chi connectivity index (χ4v) is 1.75. The molecule has 0 aliphatic rings. The Balaban J connectivity index is 2.81. The number of fused-ring (bicyclic) bond motifs is 1. The first-order valence-corrected chi connectivity index (χ1v) is 5.72. The van der Waals surface area contributed by atoms with Crippen molar-refractivity contribution in [1.82, 2.24) is 0 Å². The van der Waals surface area contributed by atoms with E-state index in [1.54, 1.807) is 18.2 Å². The van der Waals surface area contributed by atoms with E-state index in [0.717, 1.165) is 0 Å². The van der Waals surface area contributed by atoms with Crippen LogP contribution in [-0.4, -0.2) is 9.92 Å². The van der Waals surface area contributed by atoms with Gasteiger partial charge in [-0.05, 0) is 12.1 Å². The maximum absolute atomic E-state index is 11.7. The maximum Gasteiger partial charge on any atom is 0.193 e. The molecule has 1 heterocycles. The van der Waals surface area contributed by atoms with E-state index >= 15 is 0 Å². The van der Waals surface area contributed by atoms with E-state index in [0.29, 0.717) is 16.7 Å². The molecular formula is C10H10N2O3S. The van der Waals surface area contributed by atoms with Crippen LogP contribution in [0.2, 0.25) is 0 Å². The Kier molecular flexibility index (Phi) is 2.78. The molecule has 5 nitrogen and oxygen atoms in total. The van der Waals surface area contributed by atoms with Crippen LogP contribution in [0.15, 0.2) is 33.5 Å². The topological polar surface area (TPSA) is 102 Å². The number of nitrogen functional groups attached to an aromatic ring is 1. The third-order valence-electron chi connectivity index (χ3n) is 2.04. The van der Waals surface area contributed by atoms with E-state index in [1.165, 1.54) is 11.4 Å². The second kappa shape index (κ2) is 4.09. The third kappa shape index (κ3) is 1.99. The lowest BCUT2D eigenvalue weighted by Gasteiger charge is -2.01. The molecule has 5 N–H and O–H groups in total. The summed E-state index contributed by atoms with van der Waals surface area (Å²) in [6.07, 6.45) is 0. The number of nitrogens with two attached hydrogens (primary N) is 2. The van der Waals surface area contributed by atoms with Gasteiger partial charge >= 0.3 is 0 Å². The lowest BCUT2D eigenvalue weighted by molar-refractivity contribution is 0.596. The Morgan fingerprint density at radius 3 is 2.88 bits per heavy atom. The molecule has 0 spiro atoms. The van der Waals surface area contributed by atoms with Gasteiger partial charge in [0.05, 0.1) is 11.1 Å². The highest BCUT2D eigenvalue weighted by Gasteiger charge is 2.05. The molecule has 2 aromatic rings. The van der Waals surface area contributed by atoms with Crippen LogP contribution in [0, 0.1) is 0 Å². The molecule has 0 amide bonds. The summed E-state index contributed by atoms with van der Waals surface area (Å²) in [5.74, 6) is 0.212. The molecule has 1 atom stereocenters. The molecule has 0 saturated carbocycles. The van der Waals surface area contributed by atoms with Crippen molar-refractivity contribution in [1.29, 1.82) is 0 Å². The van der Waals surface area contributed by atoms with Gasteiger partial charge in [-0.2, -0.15) is 0 Å². The van der Waals surface area contributed by atoms with Crippen LogP contribution in [0.5, 0.6) is 0 Å². The molecule has 0 bridgehead atoms. The van der Waals surface area contributed by atoms with Crippen molar-refractivity contribution >= 4 is 33.0 Å². The Labute approximate surface area is 93.6 Å². The summed E-state index contributed by atoms with van der Waals surface area (Å²) in [4.78, 5) is 11.7. The molecule has 2 rings (SSSR count). The van der Waals surface area contributed by atoms with Crippen molar-refractivity contribution in [2.45, 2.75) is 0 Å². The number of benzene rings is 1. The Morgan fingerprint density at radius 2 is 2.19 bits per heavy atom. The summed E-state index contributed by atoms with van der Waals surface area (Å²) in [6, 6.07) is 6.21. The monoisotopic (exact) mass is 238 g/mol. The lowest BCUT2D eigenvalue weighted by Crippen LogP contribution is -2.03. The summed E-state index contributed by atoms with van der Waals surface area (Å²) in [5.41, 5.74) is 6.16. The first-order chi connectivity index (χ1) is 7.58. The molecule has 0 aliphatic heterocycles. The maximum atomic E-state index is 11.7. The molecule has 1 aromatic carbocycles. The smallest absolute Gasteiger partial charge is 0.193 e. The van der Waals surface area contributed by atoms with Crippen molar-refractivity contribution in [3.63, 3.8) is 0 Å². The minimum absolute atomic E-state index is 0.212. The van der Waals surface area contributed by atoms with Gasteiger partial charge in [0.15, 0.2) is 11.0 Å². The van der Waals surface area contributed by atoms with Crippen LogP contribution >= 0.6 is 11.0 Å². The van der Waals surface area contributed by atoms with Gasteiger partial charge in [0.2, 0.25) is 0 Å². The molecule has 1 unspecified atom stereocenters. The molecule has 84 valence electrons. The minimum atomic E-state index is -1.42. The molecule has 0 fully saturated rings. The van der Waals surface area contributed by atoms with Crippen LogP contribution < -0.4 is 16.3 Å². The van der Waals surface area contributed by atoms with Crippen LogP contribution in [0.3, 0.4) is 0 Å². The highest BCUT2D eigenvalue weighted by Crippen LogP contribution is 2.18. The predicted molar refractivity (Wildman–Crippen MR) is 66.5 cm³/mol. The van der Waals surface area contributed by atoms with E-state index in [9.17, 15) is 4.79 Å². The standard InChI is InChI=1S/C10H10N2O3S/c11-8-3-1-2-7-9(13)4-6(5-16(12)14)15-10(7)8/h1-5,14H,11-12H2. The number of rotatable bonds is 1. The van der Waals surface area contributed by atoms with E-state index in [2.05, 4.69) is 0 Å². The molecule has 0 radical (unpaired) electrons. The summed E-state index contributed by atoms with van der Waals surface area (Å²) in [7, 11) is -1.42. The van der Waals surface area contributed by atoms with Crippen molar-refractivity contribution in [3.05, 3.63) is 40.2 Å². The molecule has 1 aromatic heterocycles. The van der Waals surface area contributed by atoms with Crippen LogP contribution in [0.25, 0.3) is 11.0 Å². The van der Waals surface area contributed by atoms with Gasteiger partial charge in [0.1, 0.15) is 5.76 Å². The SMILES string of the molecule is Nc1cccc2c(=O)cc(/C=S(/N)O)oc12. The van der Waals surface area contributed by atoms with E-state index in [-0.39, 0.29) is 11.2 Å². The fraction of sp³-hybridized carbons (Fsp3) is 0. The summed E-state index contributed by atoms with van der Waals surface area (Å²) >= 11 is 0. The van der Waals surface area contributed by atoms with Crippen molar-refractivity contribution in [2.75, 3.05) is 5.73 Å². The first-order valence-electron chi connectivity index (χ1n) is 4.42. The minimum Gasteiger partial charge on any atom is -0.454 e. The highest BCUT2D eigenvalue weighted by atomic mass is 32.2. The Hall–Kier alpha value is -1.63. The van der Waals surface area contributed by atoms with Crippen molar-refractivity contribution in [2.24, 2.45) is 5.14 Å². The zero-order valence-corrected chi connectivity index (χ0v) is 9.03. The summed E-state index contributed by atoms with van der Waals surface area (Å²) in [6.45, 7) is 0. The van der Waals surface area contributed by atoms with Gasteiger partial charge in [0.25, 0.3) is 0 Å². The fourth-order valence-electron chi connectivity index (χ4n) is 1.39. The quantitative estimate of drug-likeness (QED) is 0.510. The first kappa shape index (κ1) is 10.9. The average Bonchev–Trinajstić information content (AvgIpc) is 2.19. The van der Waals surface area contributed by atoms with Crippen molar-refractivity contribution < 1.29 is 8.97 Å². The van der Waals surface area contributed by atoms with Crippen LogP contribution in [-0.2, 0) is 0 Å². The molecule has 16 heavy (non-hydrogen) atoms. The number of hydrogen-bond acceptors (Lipinski definition) is 5. The van der Waals surface area contributed by atoms with E-state index in [4.69, 9.17) is 19.8 Å². The van der Waals surface area contributed by atoms with E-state index < -0.39 is 11.0 Å². The molecule has 0 saturated heterocycles. The zero-order valence-electron chi connectivity index (χ0n) is 8.21. The van der Waals surface area contributed by atoms with E-state index in [1.807, 2.05) is 0 Å². The van der Waals surface area contributed by atoms with Crippen LogP contribution in [0.4, 0.5) is 5.69 Å². The number of hydrogen-bond donors (Lipinski definition) is 3. The third-order valence-corrected chi connectivity index (χ3v) is 2.51. The van der Waals surface area contributed by atoms with Gasteiger partial charge in [0, 0.05) is 22.4 Å². The van der Waals surface area contributed by atoms with Gasteiger partial charge in [-0.3, -0.25) is 9.93 Å². The second-order valence-electron chi connectivity index (χ2n) is 3.20. The Bertz CT molecular complexity index is 629. The van der Waals surface area contributed by atoms with Gasteiger partial charge in [-0.1, -0.05) is 6.07 Å². The number of para-hydroxylation sites is 1. The van der Waals surface area contributed by atoms with Gasteiger partial charge in [-0.15, -0.1) is 0 Å². The highest BCUT2D eigenvalue weighted by molar-refractivity contribution is 8.08. The average molecular weight is 238 g/mol. The van der Waals surface area contributed by atoms with Crippen molar-refractivity contribution in [3.8, 4) is 0 Å². The second-order valence-corrected chi connectivity index (χ2v) is 4.13. The van der Waals surface area contributed by atoms with Gasteiger partial charge < -0.3 is 14.7 Å². The summed E-state index contributed by atoms with van der Waals surface area (Å²) in [5, 5.41) is 6.86. The van der Waals surface area contributed by atoms with Crippen LogP contribution in [0.1, 0.15) is 5.76 Å². The molecule has 6 heteroatoms. The lowest BCUT2D eigenvalue weighted by atomic mass is 10.2. The normalized spacial score (nSPS) is 13.1.